The number of carbonyl (C=O) groups is 1. The number of ketones is 1. The number of rotatable bonds is 1. The molecular formula is C19H17FN2O. The van der Waals surface area contributed by atoms with Crippen molar-refractivity contribution >= 4 is 17.2 Å². The molecule has 2 aromatic rings. The quantitative estimate of drug-likeness (QED) is 0.820. The monoisotopic (exact) mass is 308 g/mol. The molecule has 0 saturated carbocycles. The number of halogens is 1. The number of hydrogen-bond donors (Lipinski definition) is 2. The van der Waals surface area contributed by atoms with Crippen LogP contribution in [-0.2, 0) is 4.79 Å². The van der Waals surface area contributed by atoms with E-state index in [4.69, 9.17) is 0 Å². The molecule has 3 nitrogen and oxygen atoms in total. The summed E-state index contributed by atoms with van der Waals surface area (Å²) in [5.41, 5.74) is 4.57. The van der Waals surface area contributed by atoms with Crippen molar-refractivity contribution in [3.63, 3.8) is 0 Å². The second-order valence-electron chi connectivity index (χ2n) is 5.97. The molecule has 1 heterocycles. The molecule has 0 fully saturated rings. The maximum atomic E-state index is 13.3. The van der Waals surface area contributed by atoms with Crippen LogP contribution in [0, 0.1) is 5.82 Å². The van der Waals surface area contributed by atoms with Gasteiger partial charge in [-0.2, -0.15) is 0 Å². The van der Waals surface area contributed by atoms with Crippen LogP contribution in [0.25, 0.3) is 0 Å². The first-order valence-electron chi connectivity index (χ1n) is 7.86. The van der Waals surface area contributed by atoms with Crippen molar-refractivity contribution in [3.8, 4) is 0 Å². The zero-order chi connectivity index (χ0) is 15.8. The van der Waals surface area contributed by atoms with Crippen LogP contribution < -0.4 is 10.6 Å². The van der Waals surface area contributed by atoms with Crippen molar-refractivity contribution in [1.29, 1.82) is 0 Å². The van der Waals surface area contributed by atoms with Crippen LogP contribution in [-0.4, -0.2) is 5.78 Å². The number of benzene rings is 2. The lowest BCUT2D eigenvalue weighted by Crippen LogP contribution is -2.23. The van der Waals surface area contributed by atoms with Gasteiger partial charge in [0, 0.05) is 17.7 Å². The Labute approximate surface area is 134 Å². The van der Waals surface area contributed by atoms with Crippen molar-refractivity contribution in [2.24, 2.45) is 0 Å². The highest BCUT2D eigenvalue weighted by Crippen LogP contribution is 2.40. The van der Waals surface area contributed by atoms with Gasteiger partial charge in [-0.1, -0.05) is 24.3 Å². The summed E-state index contributed by atoms with van der Waals surface area (Å²) < 4.78 is 13.3. The van der Waals surface area contributed by atoms with Crippen LogP contribution >= 0.6 is 0 Å². The Morgan fingerprint density at radius 2 is 1.70 bits per heavy atom. The van der Waals surface area contributed by atoms with E-state index in [2.05, 4.69) is 10.6 Å². The average molecular weight is 308 g/mol. The van der Waals surface area contributed by atoms with Crippen LogP contribution in [0.4, 0.5) is 15.8 Å². The highest BCUT2D eigenvalue weighted by molar-refractivity contribution is 6.00. The topological polar surface area (TPSA) is 41.1 Å². The lowest BCUT2D eigenvalue weighted by molar-refractivity contribution is -0.116. The number of nitrogens with one attached hydrogen (secondary N) is 2. The van der Waals surface area contributed by atoms with Crippen LogP contribution in [0.5, 0.6) is 0 Å². The van der Waals surface area contributed by atoms with Gasteiger partial charge in [-0.25, -0.2) is 4.39 Å². The minimum atomic E-state index is -0.273. The van der Waals surface area contributed by atoms with Crippen LogP contribution in [0.15, 0.2) is 59.8 Å². The summed E-state index contributed by atoms with van der Waals surface area (Å²) in [6.45, 7) is 0. The number of fused-ring (bicyclic) bond motifs is 1. The van der Waals surface area contributed by atoms with E-state index in [1.54, 1.807) is 12.1 Å². The van der Waals surface area contributed by atoms with Gasteiger partial charge in [0.15, 0.2) is 5.78 Å². The van der Waals surface area contributed by atoms with Crippen molar-refractivity contribution in [2.45, 2.75) is 25.3 Å². The molecule has 0 aromatic heterocycles. The number of allylic oxidation sites excluding steroid dienone is 1. The first-order valence-corrected chi connectivity index (χ1v) is 7.86. The Bertz CT molecular complexity index is 795. The average Bonchev–Trinajstić information content (AvgIpc) is 2.73. The molecule has 0 amide bonds. The summed E-state index contributed by atoms with van der Waals surface area (Å²) in [5, 5.41) is 6.89. The smallest absolute Gasteiger partial charge is 0.163 e. The molecule has 1 aliphatic heterocycles. The van der Waals surface area contributed by atoms with Crippen LogP contribution in [0.2, 0.25) is 0 Å². The van der Waals surface area contributed by atoms with E-state index in [1.165, 1.54) is 12.1 Å². The Morgan fingerprint density at radius 3 is 2.48 bits per heavy atom. The van der Waals surface area contributed by atoms with Gasteiger partial charge in [0.1, 0.15) is 5.82 Å². The fourth-order valence-electron chi connectivity index (χ4n) is 3.34. The lowest BCUT2D eigenvalue weighted by atomic mass is 9.87. The number of Topliss-reactive ketones (excluding diaryl/α,β-unsaturated/α-hetero) is 1. The summed E-state index contributed by atoms with van der Waals surface area (Å²) in [7, 11) is 0. The van der Waals surface area contributed by atoms with Gasteiger partial charge < -0.3 is 10.6 Å². The van der Waals surface area contributed by atoms with Gasteiger partial charge in [0.25, 0.3) is 0 Å². The fraction of sp³-hybridized carbons (Fsp3) is 0.211. The predicted octanol–water partition coefficient (Wildman–Crippen LogP) is 4.41. The zero-order valence-corrected chi connectivity index (χ0v) is 12.6. The largest absolute Gasteiger partial charge is 0.372 e. The van der Waals surface area contributed by atoms with Gasteiger partial charge in [0.2, 0.25) is 0 Å². The molecular weight excluding hydrogens is 291 g/mol. The molecule has 2 aromatic carbocycles. The number of hydrogen-bond acceptors (Lipinski definition) is 3. The second kappa shape index (κ2) is 5.54. The summed E-state index contributed by atoms with van der Waals surface area (Å²) in [5.74, 6) is -0.113. The highest BCUT2D eigenvalue weighted by Gasteiger charge is 2.31. The van der Waals surface area contributed by atoms with E-state index in [0.717, 1.165) is 41.1 Å². The van der Waals surface area contributed by atoms with E-state index >= 15 is 0 Å². The molecule has 1 unspecified atom stereocenters. The molecule has 116 valence electrons. The third-order valence-corrected chi connectivity index (χ3v) is 4.46. The molecule has 2 N–H and O–H groups in total. The number of para-hydroxylation sites is 2. The SMILES string of the molecule is O=C1CCCC2=C1C(c1ccc(F)cc1)Nc1ccccc1N2. The first kappa shape index (κ1) is 14.0. The fourth-order valence-corrected chi connectivity index (χ4v) is 3.34. The third-order valence-electron chi connectivity index (χ3n) is 4.46. The van der Waals surface area contributed by atoms with Gasteiger partial charge in [-0.3, -0.25) is 4.79 Å². The number of carbonyl (C=O) groups excluding carboxylic acids is 1. The third kappa shape index (κ3) is 2.50. The van der Waals surface area contributed by atoms with E-state index < -0.39 is 0 Å². The Balaban J connectivity index is 1.86. The molecule has 4 rings (SSSR count). The van der Waals surface area contributed by atoms with Crippen molar-refractivity contribution in [1.82, 2.24) is 0 Å². The second-order valence-corrected chi connectivity index (χ2v) is 5.97. The molecule has 4 heteroatoms. The Kier molecular flexibility index (Phi) is 3.37. The number of anilines is 2. The molecule has 23 heavy (non-hydrogen) atoms. The van der Waals surface area contributed by atoms with Gasteiger partial charge in [0.05, 0.1) is 17.4 Å². The summed E-state index contributed by atoms with van der Waals surface area (Å²) in [6.07, 6.45) is 2.29. The molecule has 2 aliphatic rings. The summed E-state index contributed by atoms with van der Waals surface area (Å²) in [6, 6.07) is 14.0. The summed E-state index contributed by atoms with van der Waals surface area (Å²) in [4.78, 5) is 12.6. The lowest BCUT2D eigenvalue weighted by Gasteiger charge is -2.25. The molecule has 0 bridgehead atoms. The molecule has 1 atom stereocenters. The standard InChI is InChI=1S/C19H17FN2O/c20-13-10-8-12(9-11-13)19-18-16(6-3-7-17(18)23)21-14-4-1-2-5-15(14)22-19/h1-2,4-5,8-11,19,21-22H,3,6-7H2. The van der Waals surface area contributed by atoms with Crippen LogP contribution in [0.3, 0.4) is 0 Å². The highest BCUT2D eigenvalue weighted by atomic mass is 19.1. The Hall–Kier alpha value is -2.62. The zero-order valence-electron chi connectivity index (χ0n) is 12.6. The van der Waals surface area contributed by atoms with E-state index in [9.17, 15) is 9.18 Å². The van der Waals surface area contributed by atoms with Gasteiger partial charge in [-0.05, 0) is 42.7 Å². The molecule has 1 aliphatic carbocycles. The Morgan fingerprint density at radius 1 is 0.957 bits per heavy atom. The van der Waals surface area contributed by atoms with Crippen molar-refractivity contribution < 1.29 is 9.18 Å². The van der Waals surface area contributed by atoms with Gasteiger partial charge >= 0.3 is 0 Å². The summed E-state index contributed by atoms with van der Waals surface area (Å²) >= 11 is 0. The maximum Gasteiger partial charge on any atom is 0.163 e. The normalized spacial score (nSPS) is 20.0. The minimum Gasteiger partial charge on any atom is -0.372 e. The molecule has 0 spiro atoms. The molecule has 0 radical (unpaired) electrons. The molecule has 0 saturated heterocycles. The van der Waals surface area contributed by atoms with E-state index in [0.29, 0.717) is 6.42 Å². The van der Waals surface area contributed by atoms with Crippen LogP contribution in [0.1, 0.15) is 30.9 Å². The van der Waals surface area contributed by atoms with E-state index in [1.807, 2.05) is 24.3 Å². The minimum absolute atomic E-state index is 0.161. The first-order chi connectivity index (χ1) is 11.2. The van der Waals surface area contributed by atoms with E-state index in [-0.39, 0.29) is 17.6 Å². The maximum absolute atomic E-state index is 13.3. The van der Waals surface area contributed by atoms with Crippen molar-refractivity contribution in [3.05, 3.63) is 71.2 Å². The van der Waals surface area contributed by atoms with Gasteiger partial charge in [-0.15, -0.1) is 0 Å². The van der Waals surface area contributed by atoms with Crippen molar-refractivity contribution in [2.75, 3.05) is 10.6 Å². The predicted molar refractivity (Wildman–Crippen MR) is 88.7 cm³/mol.